The highest BCUT2D eigenvalue weighted by molar-refractivity contribution is 7.93. The largest absolute Gasteiger partial charge is 0.454 e. The van der Waals surface area contributed by atoms with Crippen LogP contribution in [0.4, 0.5) is 0 Å². The SMILES string of the molecule is Cc1cc2c(cc1S(=O)(=O)C1(C#N)CC1)OCO2. The minimum atomic E-state index is -3.63. The molecule has 0 unspecified atom stereocenters. The number of hydrogen-bond acceptors (Lipinski definition) is 5. The van der Waals surface area contributed by atoms with Crippen LogP contribution < -0.4 is 9.47 Å². The van der Waals surface area contributed by atoms with E-state index in [1.165, 1.54) is 6.07 Å². The van der Waals surface area contributed by atoms with Crippen LogP contribution in [0.15, 0.2) is 17.0 Å². The van der Waals surface area contributed by atoms with Gasteiger partial charge >= 0.3 is 0 Å². The van der Waals surface area contributed by atoms with Crippen LogP contribution in [-0.4, -0.2) is 20.0 Å². The van der Waals surface area contributed by atoms with Crippen LogP contribution in [0.1, 0.15) is 18.4 Å². The zero-order chi connectivity index (χ0) is 13.0. The molecule has 0 atom stereocenters. The summed E-state index contributed by atoms with van der Waals surface area (Å²) in [5.41, 5.74) is 0.584. The van der Waals surface area contributed by atoms with E-state index in [9.17, 15) is 8.42 Å². The number of aryl methyl sites for hydroxylation is 1. The predicted octanol–water partition coefficient (Wildman–Crippen LogP) is 1.55. The van der Waals surface area contributed by atoms with E-state index in [0.29, 0.717) is 29.9 Å². The molecule has 18 heavy (non-hydrogen) atoms. The number of nitriles is 1. The third kappa shape index (κ3) is 1.34. The fourth-order valence-electron chi connectivity index (χ4n) is 2.08. The van der Waals surface area contributed by atoms with Gasteiger partial charge in [-0.3, -0.25) is 0 Å². The summed E-state index contributed by atoms with van der Waals surface area (Å²) in [4.78, 5) is 0.172. The summed E-state index contributed by atoms with van der Waals surface area (Å²) in [6.07, 6.45) is 0.805. The topological polar surface area (TPSA) is 76.4 Å². The first kappa shape index (κ1) is 11.4. The Balaban J connectivity index is 2.17. The molecule has 0 saturated heterocycles. The van der Waals surface area contributed by atoms with Crippen LogP contribution >= 0.6 is 0 Å². The number of rotatable bonds is 2. The van der Waals surface area contributed by atoms with Crippen LogP contribution in [0, 0.1) is 18.3 Å². The lowest BCUT2D eigenvalue weighted by Crippen LogP contribution is -2.22. The van der Waals surface area contributed by atoms with Gasteiger partial charge in [0.1, 0.15) is 0 Å². The van der Waals surface area contributed by atoms with Gasteiger partial charge in [0.15, 0.2) is 26.1 Å². The summed E-state index contributed by atoms with van der Waals surface area (Å²) in [6.45, 7) is 1.80. The predicted molar refractivity (Wildman–Crippen MR) is 62.1 cm³/mol. The molecule has 1 aliphatic heterocycles. The normalized spacial score (nSPS) is 19.3. The second kappa shape index (κ2) is 3.39. The lowest BCUT2D eigenvalue weighted by molar-refractivity contribution is 0.174. The van der Waals surface area contributed by atoms with Gasteiger partial charge in [0.2, 0.25) is 6.79 Å². The van der Waals surface area contributed by atoms with Gasteiger partial charge in [0, 0.05) is 6.07 Å². The first-order valence-electron chi connectivity index (χ1n) is 5.56. The lowest BCUT2D eigenvalue weighted by atomic mass is 10.2. The van der Waals surface area contributed by atoms with Crippen molar-refractivity contribution in [1.82, 2.24) is 0 Å². The third-order valence-corrected chi connectivity index (χ3v) is 5.93. The fourth-order valence-corrected chi connectivity index (χ4v) is 4.00. The molecule has 0 aromatic heterocycles. The van der Waals surface area contributed by atoms with Gasteiger partial charge in [-0.25, -0.2) is 8.42 Å². The van der Waals surface area contributed by atoms with Gasteiger partial charge in [0.25, 0.3) is 0 Å². The molecular weight excluding hydrogens is 254 g/mol. The average molecular weight is 265 g/mol. The summed E-state index contributed by atoms with van der Waals surface area (Å²) >= 11 is 0. The number of sulfone groups is 1. The van der Waals surface area contributed by atoms with E-state index in [-0.39, 0.29) is 11.7 Å². The molecule has 5 nitrogen and oxygen atoms in total. The molecule has 0 N–H and O–H groups in total. The highest BCUT2D eigenvalue weighted by Gasteiger charge is 2.56. The maximum Gasteiger partial charge on any atom is 0.231 e. The van der Waals surface area contributed by atoms with Crippen molar-refractivity contribution in [3.05, 3.63) is 17.7 Å². The van der Waals surface area contributed by atoms with Crippen LogP contribution in [0.25, 0.3) is 0 Å². The monoisotopic (exact) mass is 265 g/mol. The molecule has 0 bridgehead atoms. The van der Waals surface area contributed by atoms with Crippen molar-refractivity contribution in [2.45, 2.75) is 29.4 Å². The molecule has 1 fully saturated rings. The molecule has 0 radical (unpaired) electrons. The number of hydrogen-bond donors (Lipinski definition) is 0. The first-order chi connectivity index (χ1) is 8.50. The van der Waals surface area contributed by atoms with Crippen molar-refractivity contribution in [2.24, 2.45) is 0 Å². The molecule has 0 spiro atoms. The second-order valence-electron chi connectivity index (χ2n) is 4.58. The molecule has 6 heteroatoms. The van der Waals surface area contributed by atoms with E-state index in [1.54, 1.807) is 13.0 Å². The molecule has 1 saturated carbocycles. The minimum Gasteiger partial charge on any atom is -0.454 e. The Hall–Kier alpha value is -1.74. The second-order valence-corrected chi connectivity index (χ2v) is 6.81. The first-order valence-corrected chi connectivity index (χ1v) is 7.05. The minimum absolute atomic E-state index is 0.0989. The van der Waals surface area contributed by atoms with Crippen molar-refractivity contribution < 1.29 is 17.9 Å². The Morgan fingerprint density at radius 3 is 2.44 bits per heavy atom. The van der Waals surface area contributed by atoms with E-state index in [0.717, 1.165) is 0 Å². The number of ether oxygens (including phenoxy) is 2. The average Bonchev–Trinajstić information content (AvgIpc) is 3.02. The van der Waals surface area contributed by atoms with Crippen molar-refractivity contribution in [3.8, 4) is 17.6 Å². The van der Waals surface area contributed by atoms with Gasteiger partial charge < -0.3 is 9.47 Å². The highest BCUT2D eigenvalue weighted by Crippen LogP contribution is 2.48. The Kier molecular flexibility index (Phi) is 2.14. The standard InChI is InChI=1S/C12H11NO4S/c1-8-4-9-10(17-7-16-9)5-11(8)18(14,15)12(6-13)2-3-12/h4-5H,2-3,7H2,1H3. The number of benzene rings is 1. The molecule has 1 aromatic rings. The van der Waals surface area contributed by atoms with E-state index in [2.05, 4.69) is 0 Å². The van der Waals surface area contributed by atoms with E-state index >= 15 is 0 Å². The molecule has 2 aliphatic rings. The highest BCUT2D eigenvalue weighted by atomic mass is 32.2. The number of fused-ring (bicyclic) bond motifs is 1. The third-order valence-electron chi connectivity index (χ3n) is 3.38. The molecule has 1 aliphatic carbocycles. The Morgan fingerprint density at radius 1 is 1.28 bits per heavy atom. The van der Waals surface area contributed by atoms with E-state index < -0.39 is 14.6 Å². The Bertz CT molecular complexity index is 668. The molecule has 3 rings (SSSR count). The van der Waals surface area contributed by atoms with Crippen LogP contribution in [0.5, 0.6) is 11.5 Å². The van der Waals surface area contributed by atoms with Crippen LogP contribution in [0.3, 0.4) is 0 Å². The molecule has 1 aromatic carbocycles. The zero-order valence-corrected chi connectivity index (χ0v) is 10.6. The zero-order valence-electron chi connectivity index (χ0n) is 9.76. The van der Waals surface area contributed by atoms with Gasteiger partial charge in [-0.15, -0.1) is 0 Å². The summed E-state index contributed by atoms with van der Waals surface area (Å²) < 4.78 is 34.0. The van der Waals surface area contributed by atoms with E-state index in [1.807, 2.05) is 6.07 Å². The summed E-state index contributed by atoms with van der Waals surface area (Å²) in [5, 5.41) is 9.05. The molecule has 1 heterocycles. The Labute approximate surface area is 105 Å². The lowest BCUT2D eigenvalue weighted by Gasteiger charge is -2.12. The summed E-state index contributed by atoms with van der Waals surface area (Å²) in [7, 11) is -3.63. The van der Waals surface area contributed by atoms with Gasteiger partial charge in [-0.2, -0.15) is 5.26 Å². The quantitative estimate of drug-likeness (QED) is 0.811. The van der Waals surface area contributed by atoms with Crippen molar-refractivity contribution in [1.29, 1.82) is 5.26 Å². The summed E-state index contributed by atoms with van der Waals surface area (Å²) in [6, 6.07) is 5.03. The van der Waals surface area contributed by atoms with E-state index in [4.69, 9.17) is 14.7 Å². The van der Waals surface area contributed by atoms with Gasteiger partial charge in [0.05, 0.1) is 11.0 Å². The molecule has 0 amide bonds. The number of nitrogens with zero attached hydrogens (tertiary/aromatic N) is 1. The van der Waals surface area contributed by atoms with Crippen LogP contribution in [-0.2, 0) is 9.84 Å². The smallest absolute Gasteiger partial charge is 0.231 e. The summed E-state index contributed by atoms with van der Waals surface area (Å²) in [5.74, 6) is 0.973. The van der Waals surface area contributed by atoms with Crippen molar-refractivity contribution in [3.63, 3.8) is 0 Å². The van der Waals surface area contributed by atoms with Gasteiger partial charge in [-0.05, 0) is 31.4 Å². The fraction of sp³-hybridized carbons (Fsp3) is 0.417. The van der Waals surface area contributed by atoms with Gasteiger partial charge in [-0.1, -0.05) is 0 Å². The van der Waals surface area contributed by atoms with Crippen LogP contribution in [0.2, 0.25) is 0 Å². The van der Waals surface area contributed by atoms with Crippen molar-refractivity contribution >= 4 is 9.84 Å². The molecule has 94 valence electrons. The Morgan fingerprint density at radius 2 is 1.89 bits per heavy atom. The maximum atomic E-state index is 12.4. The molecular formula is C12H11NO4S. The maximum absolute atomic E-state index is 12.4. The van der Waals surface area contributed by atoms with Crippen molar-refractivity contribution in [2.75, 3.05) is 6.79 Å².